The lowest BCUT2D eigenvalue weighted by Crippen LogP contribution is -2.57. The molecule has 2 unspecified atom stereocenters. The third-order valence-electron chi connectivity index (χ3n) is 5.90. The third-order valence-corrected chi connectivity index (χ3v) is 7.89. The van der Waals surface area contributed by atoms with Crippen molar-refractivity contribution in [3.63, 3.8) is 0 Å². The smallest absolute Gasteiger partial charge is 0.311 e. The van der Waals surface area contributed by atoms with Crippen LogP contribution in [0.15, 0.2) is 0 Å². The second-order valence-electron chi connectivity index (χ2n) is 8.97. The molecule has 8 heteroatoms. The van der Waals surface area contributed by atoms with Crippen LogP contribution in [0.2, 0.25) is 0 Å². The maximum atomic E-state index is 13.3. The van der Waals surface area contributed by atoms with Crippen molar-refractivity contribution in [2.75, 3.05) is 19.8 Å². The Morgan fingerprint density at radius 2 is 2.04 bits per heavy atom. The summed E-state index contributed by atoms with van der Waals surface area (Å²) >= 11 is 1.60. The number of ether oxygens (including phenoxy) is 1. The monoisotopic (exact) mass is 398 g/mol. The first-order valence-corrected chi connectivity index (χ1v) is 10.4. The van der Waals surface area contributed by atoms with Crippen LogP contribution in [0.25, 0.3) is 0 Å². The highest BCUT2D eigenvalue weighted by atomic mass is 32.2. The van der Waals surface area contributed by atoms with E-state index in [1.54, 1.807) is 18.7 Å². The Hall–Kier alpha value is -1.28. The van der Waals surface area contributed by atoms with Crippen molar-refractivity contribution in [2.24, 2.45) is 11.8 Å². The Labute approximate surface area is 164 Å². The van der Waals surface area contributed by atoms with Gasteiger partial charge in [-0.25, -0.2) is 0 Å². The van der Waals surface area contributed by atoms with Gasteiger partial charge in [-0.15, -0.1) is 11.8 Å². The Kier molecular flexibility index (Phi) is 5.04. The highest BCUT2D eigenvalue weighted by molar-refractivity contribution is 8.02. The molecule has 2 N–H and O–H groups in total. The number of likely N-dealkylation sites (tertiary alicyclic amines) is 1. The zero-order valence-corrected chi connectivity index (χ0v) is 17.5. The van der Waals surface area contributed by atoms with Gasteiger partial charge in [-0.3, -0.25) is 14.4 Å². The van der Waals surface area contributed by atoms with Gasteiger partial charge in [0, 0.05) is 16.8 Å². The second kappa shape index (κ2) is 6.65. The van der Waals surface area contributed by atoms with Crippen molar-refractivity contribution in [1.82, 2.24) is 10.2 Å². The number of nitrogens with zero attached hydrogens (tertiary/aromatic N) is 1. The fourth-order valence-electron chi connectivity index (χ4n) is 5.10. The molecule has 2 bridgehead atoms. The number of aliphatic hydroxyl groups excluding tert-OH is 1. The van der Waals surface area contributed by atoms with Crippen LogP contribution < -0.4 is 5.32 Å². The maximum Gasteiger partial charge on any atom is 0.311 e. The standard InChI is InChI=1S/C19H30N2O5S/c1-6-26-16(25)12-11-15(24)21(9-10-22)13(14(23)20-17(2,3)4)19(11)8-7-18(12,5)27-19/h11-13,22H,6-10H2,1-5H3,(H,20,23)/t11-,12+,13?,18-,19?/m0/s1. The van der Waals surface area contributed by atoms with Gasteiger partial charge in [-0.2, -0.15) is 0 Å². The number of hydrogen-bond donors (Lipinski definition) is 2. The van der Waals surface area contributed by atoms with Crippen LogP contribution in [0.5, 0.6) is 0 Å². The zero-order valence-electron chi connectivity index (χ0n) is 16.7. The first kappa shape index (κ1) is 20.5. The number of carbonyl (C=O) groups is 3. The molecule has 0 saturated carbocycles. The first-order chi connectivity index (χ1) is 12.5. The second-order valence-corrected chi connectivity index (χ2v) is 10.9. The fraction of sp³-hybridized carbons (Fsp3) is 0.842. The lowest BCUT2D eigenvalue weighted by molar-refractivity contribution is -0.155. The molecule has 27 heavy (non-hydrogen) atoms. The highest BCUT2D eigenvalue weighted by Gasteiger charge is 2.77. The van der Waals surface area contributed by atoms with E-state index in [1.165, 1.54) is 4.90 Å². The number of fused-ring (bicyclic) bond motifs is 1. The summed E-state index contributed by atoms with van der Waals surface area (Å²) in [7, 11) is 0. The fourth-order valence-corrected chi connectivity index (χ4v) is 7.45. The number of thioether (sulfide) groups is 1. The number of nitrogens with one attached hydrogen (secondary N) is 1. The van der Waals surface area contributed by atoms with Gasteiger partial charge >= 0.3 is 5.97 Å². The van der Waals surface area contributed by atoms with E-state index in [0.717, 1.165) is 6.42 Å². The highest BCUT2D eigenvalue weighted by Crippen LogP contribution is 2.71. The van der Waals surface area contributed by atoms with E-state index in [2.05, 4.69) is 5.32 Å². The van der Waals surface area contributed by atoms with Crippen LogP contribution in [0.3, 0.4) is 0 Å². The molecule has 152 valence electrons. The van der Waals surface area contributed by atoms with Gasteiger partial charge in [0.1, 0.15) is 6.04 Å². The molecule has 0 aromatic heterocycles. The Morgan fingerprint density at radius 1 is 1.37 bits per heavy atom. The molecule has 3 aliphatic heterocycles. The topological polar surface area (TPSA) is 95.9 Å². The number of aliphatic hydroxyl groups is 1. The molecule has 3 aliphatic rings. The van der Waals surface area contributed by atoms with Gasteiger partial charge in [0.05, 0.1) is 29.8 Å². The van der Waals surface area contributed by atoms with E-state index in [4.69, 9.17) is 4.74 Å². The quantitative estimate of drug-likeness (QED) is 0.669. The first-order valence-electron chi connectivity index (χ1n) is 9.61. The molecular formula is C19H30N2O5S. The molecule has 0 aromatic rings. The summed E-state index contributed by atoms with van der Waals surface area (Å²) in [6.07, 6.45) is 1.46. The molecule has 0 radical (unpaired) electrons. The van der Waals surface area contributed by atoms with Crippen LogP contribution in [-0.2, 0) is 19.1 Å². The van der Waals surface area contributed by atoms with Crippen LogP contribution in [0.1, 0.15) is 47.5 Å². The molecule has 3 rings (SSSR count). The number of hydrogen-bond acceptors (Lipinski definition) is 6. The van der Waals surface area contributed by atoms with E-state index in [9.17, 15) is 19.5 Å². The summed E-state index contributed by atoms with van der Waals surface area (Å²) in [5.74, 6) is -1.92. The van der Waals surface area contributed by atoms with Gasteiger partial charge in [0.25, 0.3) is 0 Å². The van der Waals surface area contributed by atoms with Crippen LogP contribution in [-0.4, -0.2) is 68.6 Å². The summed E-state index contributed by atoms with van der Waals surface area (Å²) in [5.41, 5.74) is -0.439. The number of amides is 2. The normalized spacial score (nSPS) is 37.5. The number of rotatable bonds is 5. The average Bonchev–Trinajstić information content (AvgIpc) is 3.08. The van der Waals surface area contributed by atoms with Crippen molar-refractivity contribution in [3.8, 4) is 0 Å². The van der Waals surface area contributed by atoms with Crippen LogP contribution in [0, 0.1) is 11.8 Å². The van der Waals surface area contributed by atoms with Gasteiger partial charge in [0.2, 0.25) is 11.8 Å². The van der Waals surface area contributed by atoms with E-state index < -0.39 is 32.9 Å². The van der Waals surface area contributed by atoms with Gasteiger partial charge in [0.15, 0.2) is 0 Å². The Bertz CT molecular complexity index is 663. The predicted molar refractivity (Wildman–Crippen MR) is 102 cm³/mol. The van der Waals surface area contributed by atoms with E-state index in [1.807, 2.05) is 27.7 Å². The zero-order chi connectivity index (χ0) is 20.2. The Balaban J connectivity index is 2.04. The molecular weight excluding hydrogens is 368 g/mol. The largest absolute Gasteiger partial charge is 0.466 e. The molecule has 3 fully saturated rings. The summed E-state index contributed by atoms with van der Waals surface area (Å²) < 4.78 is 4.25. The third kappa shape index (κ3) is 3.05. The molecule has 7 nitrogen and oxygen atoms in total. The van der Waals surface area contributed by atoms with Crippen LogP contribution in [0.4, 0.5) is 0 Å². The molecule has 1 spiro atoms. The summed E-state index contributed by atoms with van der Waals surface area (Å²) in [5, 5.41) is 12.5. The lowest BCUT2D eigenvalue weighted by Gasteiger charge is -2.35. The van der Waals surface area contributed by atoms with E-state index in [0.29, 0.717) is 6.42 Å². The predicted octanol–water partition coefficient (Wildman–Crippen LogP) is 0.938. The van der Waals surface area contributed by atoms with Gasteiger partial charge in [-0.05, 0) is 47.5 Å². The summed E-state index contributed by atoms with van der Waals surface area (Å²) in [6, 6.07) is -0.687. The maximum absolute atomic E-state index is 13.3. The number of carbonyl (C=O) groups excluding carboxylic acids is 3. The van der Waals surface area contributed by atoms with Crippen molar-refractivity contribution in [2.45, 2.75) is 68.5 Å². The van der Waals surface area contributed by atoms with Gasteiger partial charge < -0.3 is 20.1 Å². The minimum absolute atomic E-state index is 0.0894. The van der Waals surface area contributed by atoms with Crippen molar-refractivity contribution < 1.29 is 24.2 Å². The Morgan fingerprint density at radius 3 is 2.59 bits per heavy atom. The summed E-state index contributed by atoms with van der Waals surface area (Å²) in [4.78, 5) is 40.7. The number of β-amino-alcohol motifs (C(OH)–C–C–N with tert-alkyl or cyclic N) is 1. The SMILES string of the molecule is CCOC(=O)[C@H]1[C@H]2C(=O)N(CCO)C(C(=O)NC(C)(C)C)C23CC[C@]1(C)S3. The van der Waals surface area contributed by atoms with Crippen molar-refractivity contribution in [1.29, 1.82) is 0 Å². The minimum atomic E-state index is -0.687. The number of esters is 1. The van der Waals surface area contributed by atoms with Crippen molar-refractivity contribution in [3.05, 3.63) is 0 Å². The lowest BCUT2D eigenvalue weighted by atomic mass is 9.66. The molecule has 0 aliphatic carbocycles. The molecule has 3 heterocycles. The minimum Gasteiger partial charge on any atom is -0.466 e. The summed E-state index contributed by atoms with van der Waals surface area (Å²) in [6.45, 7) is 9.59. The molecule has 3 saturated heterocycles. The van der Waals surface area contributed by atoms with Crippen LogP contribution >= 0.6 is 11.8 Å². The molecule has 0 aromatic carbocycles. The van der Waals surface area contributed by atoms with E-state index in [-0.39, 0.29) is 37.5 Å². The molecule has 5 atom stereocenters. The van der Waals surface area contributed by atoms with Gasteiger partial charge in [-0.1, -0.05) is 0 Å². The van der Waals surface area contributed by atoms with E-state index >= 15 is 0 Å². The average molecular weight is 399 g/mol. The molecule has 2 amide bonds. The van der Waals surface area contributed by atoms with Crippen molar-refractivity contribution >= 4 is 29.5 Å².